The molecular weight excluding hydrogens is 448 g/mol. The van der Waals surface area contributed by atoms with Gasteiger partial charge in [0.2, 0.25) is 0 Å². The van der Waals surface area contributed by atoms with Gasteiger partial charge in [-0.1, -0.05) is 22.0 Å². The molecule has 1 aromatic heterocycles. The Hall–Kier alpha value is -2.39. The highest BCUT2D eigenvalue weighted by Gasteiger charge is 2.25. The van der Waals surface area contributed by atoms with Gasteiger partial charge in [-0.2, -0.15) is 0 Å². The zero-order valence-corrected chi connectivity index (χ0v) is 17.4. The number of hydrogen-bond donors (Lipinski definition) is 2. The van der Waals surface area contributed by atoms with Crippen LogP contribution in [-0.4, -0.2) is 31.0 Å². The Morgan fingerprint density at radius 2 is 1.96 bits per heavy atom. The minimum atomic E-state index is -0.671. The molecule has 2 aromatic rings. The second-order valence-electron chi connectivity index (χ2n) is 6.23. The van der Waals surface area contributed by atoms with E-state index >= 15 is 0 Å². The van der Waals surface area contributed by atoms with Crippen LogP contribution in [0, 0.1) is 0 Å². The summed E-state index contributed by atoms with van der Waals surface area (Å²) in [5.74, 6) is -1.26. The predicted octanol–water partition coefficient (Wildman–Crippen LogP) is 3.05. The molecule has 0 bridgehead atoms. The minimum Gasteiger partial charge on any atom is -0.482 e. The molecule has 0 aliphatic heterocycles. The fourth-order valence-electron chi connectivity index (χ4n) is 2.96. The van der Waals surface area contributed by atoms with Gasteiger partial charge in [0.15, 0.2) is 13.2 Å². The Bertz CT molecular complexity index is 912. The van der Waals surface area contributed by atoms with Gasteiger partial charge in [0.05, 0.1) is 5.56 Å². The van der Waals surface area contributed by atoms with Gasteiger partial charge in [-0.15, -0.1) is 11.3 Å². The van der Waals surface area contributed by atoms with Crippen molar-refractivity contribution in [1.29, 1.82) is 0 Å². The smallest absolute Gasteiger partial charge is 0.344 e. The second kappa shape index (κ2) is 9.20. The number of aryl methyl sites for hydroxylation is 1. The summed E-state index contributed by atoms with van der Waals surface area (Å²) in [7, 11) is 0. The van der Waals surface area contributed by atoms with Crippen LogP contribution in [0.15, 0.2) is 28.7 Å². The summed E-state index contributed by atoms with van der Waals surface area (Å²) < 4.78 is 11.1. The van der Waals surface area contributed by atoms with Crippen molar-refractivity contribution >= 4 is 50.1 Å². The molecule has 0 atom stereocenters. The van der Waals surface area contributed by atoms with Gasteiger partial charge < -0.3 is 20.5 Å². The van der Waals surface area contributed by atoms with Crippen molar-refractivity contribution in [1.82, 2.24) is 0 Å². The van der Waals surface area contributed by atoms with Gasteiger partial charge in [-0.25, -0.2) is 4.79 Å². The van der Waals surface area contributed by atoms with Crippen molar-refractivity contribution in [2.75, 3.05) is 18.5 Å². The van der Waals surface area contributed by atoms with Crippen LogP contribution < -0.4 is 15.8 Å². The Morgan fingerprint density at radius 3 is 2.71 bits per heavy atom. The number of fused-ring (bicyclic) bond motifs is 1. The molecule has 1 aliphatic carbocycles. The quantitative estimate of drug-likeness (QED) is 0.609. The normalized spacial score (nSPS) is 12.8. The van der Waals surface area contributed by atoms with Gasteiger partial charge in [0, 0.05) is 9.35 Å². The van der Waals surface area contributed by atoms with Crippen molar-refractivity contribution < 1.29 is 23.9 Å². The van der Waals surface area contributed by atoms with E-state index < -0.39 is 24.4 Å². The summed E-state index contributed by atoms with van der Waals surface area (Å²) in [6.45, 7) is -0.787. The van der Waals surface area contributed by atoms with E-state index in [0.29, 0.717) is 16.3 Å². The Morgan fingerprint density at radius 1 is 1.18 bits per heavy atom. The van der Waals surface area contributed by atoms with Crippen LogP contribution in [0.4, 0.5) is 5.00 Å². The largest absolute Gasteiger partial charge is 0.482 e. The molecule has 1 aliphatic rings. The van der Waals surface area contributed by atoms with Crippen LogP contribution in [-0.2, 0) is 27.2 Å². The van der Waals surface area contributed by atoms with Crippen molar-refractivity contribution in [3.8, 4) is 5.75 Å². The number of esters is 1. The van der Waals surface area contributed by atoms with Gasteiger partial charge >= 0.3 is 5.97 Å². The topological polar surface area (TPSA) is 108 Å². The molecule has 0 saturated carbocycles. The number of amides is 2. The molecule has 9 heteroatoms. The molecule has 0 spiro atoms. The summed E-state index contributed by atoms with van der Waals surface area (Å²) >= 11 is 4.67. The van der Waals surface area contributed by atoms with E-state index in [9.17, 15) is 14.4 Å². The molecule has 7 nitrogen and oxygen atoms in total. The number of ether oxygens (including phenoxy) is 2. The van der Waals surface area contributed by atoms with Crippen molar-refractivity contribution in [3.63, 3.8) is 0 Å². The third-order valence-corrected chi connectivity index (χ3v) is 5.89. The lowest BCUT2D eigenvalue weighted by Gasteiger charge is -2.11. The number of rotatable bonds is 7. The lowest BCUT2D eigenvalue weighted by atomic mass is 9.95. The number of hydrogen-bond acceptors (Lipinski definition) is 6. The average molecular weight is 467 g/mol. The number of nitrogens with one attached hydrogen (secondary N) is 1. The summed E-state index contributed by atoms with van der Waals surface area (Å²) in [5.41, 5.74) is 6.80. The molecule has 0 fully saturated rings. The molecule has 1 aromatic carbocycles. The van der Waals surface area contributed by atoms with Crippen molar-refractivity contribution in [2.24, 2.45) is 5.73 Å². The van der Waals surface area contributed by atoms with Gasteiger partial charge in [-0.3, -0.25) is 9.59 Å². The maximum absolute atomic E-state index is 12.1. The number of carbonyl (C=O) groups is 3. The number of primary amides is 1. The molecule has 28 heavy (non-hydrogen) atoms. The van der Waals surface area contributed by atoms with E-state index in [4.69, 9.17) is 15.2 Å². The lowest BCUT2D eigenvalue weighted by molar-refractivity contribution is -0.149. The predicted molar refractivity (Wildman–Crippen MR) is 109 cm³/mol. The van der Waals surface area contributed by atoms with Gasteiger partial charge in [0.25, 0.3) is 11.8 Å². The molecule has 0 saturated heterocycles. The first-order valence-corrected chi connectivity index (χ1v) is 10.3. The Balaban J connectivity index is 1.52. The number of benzene rings is 1. The highest BCUT2D eigenvalue weighted by molar-refractivity contribution is 9.10. The van der Waals surface area contributed by atoms with Crippen LogP contribution in [0.1, 0.15) is 33.6 Å². The summed E-state index contributed by atoms with van der Waals surface area (Å²) in [5, 5.41) is 3.06. The van der Waals surface area contributed by atoms with Crippen LogP contribution in [0.5, 0.6) is 5.75 Å². The van der Waals surface area contributed by atoms with Gasteiger partial charge in [-0.05, 0) is 49.4 Å². The van der Waals surface area contributed by atoms with Gasteiger partial charge in [0.1, 0.15) is 10.8 Å². The fraction of sp³-hybridized carbons (Fsp3) is 0.316. The summed E-state index contributed by atoms with van der Waals surface area (Å²) in [6, 6.07) is 7.02. The van der Waals surface area contributed by atoms with Crippen LogP contribution >= 0.6 is 27.3 Å². The third-order valence-electron chi connectivity index (χ3n) is 4.19. The third kappa shape index (κ3) is 5.11. The highest BCUT2D eigenvalue weighted by Crippen LogP contribution is 2.37. The number of thiophene rings is 1. The summed E-state index contributed by atoms with van der Waals surface area (Å²) in [6.07, 6.45) is 3.70. The van der Waals surface area contributed by atoms with E-state index in [1.54, 1.807) is 18.2 Å². The molecular formula is C19H19BrN2O5S. The number of halogens is 1. The lowest BCUT2D eigenvalue weighted by Crippen LogP contribution is -2.24. The second-order valence-corrected chi connectivity index (χ2v) is 8.26. The van der Waals surface area contributed by atoms with E-state index in [0.717, 1.165) is 40.6 Å². The number of carbonyl (C=O) groups excluding carboxylic acids is 3. The zero-order valence-electron chi connectivity index (χ0n) is 15.0. The summed E-state index contributed by atoms with van der Waals surface area (Å²) in [4.78, 5) is 36.8. The van der Waals surface area contributed by atoms with E-state index in [1.807, 2.05) is 6.07 Å². The fourth-order valence-corrected chi connectivity index (χ4v) is 4.65. The number of nitrogens with two attached hydrogens (primary N) is 1. The highest BCUT2D eigenvalue weighted by atomic mass is 79.9. The first kappa shape index (κ1) is 20.3. The SMILES string of the molecule is NC(=O)c1c(NC(=O)COC(=O)COc2cccc(Br)c2)sc2c1CCCC2. The molecule has 0 radical (unpaired) electrons. The van der Waals surface area contributed by atoms with Crippen LogP contribution in [0.2, 0.25) is 0 Å². The molecule has 2 amide bonds. The van der Waals surface area contributed by atoms with E-state index in [2.05, 4.69) is 21.2 Å². The first-order valence-electron chi connectivity index (χ1n) is 8.72. The standard InChI is InChI=1S/C19H19BrN2O5S/c20-11-4-3-5-12(8-11)26-10-16(24)27-9-15(23)22-19-17(18(21)25)13-6-1-2-7-14(13)28-19/h3-5,8H,1-2,6-7,9-10H2,(H2,21,25)(H,22,23). The average Bonchev–Trinajstić information content (AvgIpc) is 3.02. The molecule has 0 unspecified atom stereocenters. The molecule has 1 heterocycles. The number of anilines is 1. The van der Waals surface area contributed by atoms with Crippen LogP contribution in [0.3, 0.4) is 0 Å². The monoisotopic (exact) mass is 466 g/mol. The van der Waals surface area contributed by atoms with E-state index in [-0.39, 0.29) is 6.61 Å². The first-order chi connectivity index (χ1) is 13.4. The Kier molecular flexibility index (Phi) is 6.69. The van der Waals surface area contributed by atoms with Crippen molar-refractivity contribution in [3.05, 3.63) is 44.7 Å². The Labute approximate surface area is 174 Å². The minimum absolute atomic E-state index is 0.316. The maximum atomic E-state index is 12.1. The maximum Gasteiger partial charge on any atom is 0.344 e. The zero-order chi connectivity index (χ0) is 20.1. The molecule has 3 rings (SSSR count). The molecule has 3 N–H and O–H groups in total. The van der Waals surface area contributed by atoms with Crippen LogP contribution in [0.25, 0.3) is 0 Å². The van der Waals surface area contributed by atoms with Crippen molar-refractivity contribution in [2.45, 2.75) is 25.7 Å². The molecule has 148 valence electrons. The van der Waals surface area contributed by atoms with E-state index in [1.165, 1.54) is 11.3 Å².